The normalized spacial score (nSPS) is 18.7. The topological polar surface area (TPSA) is 64.6 Å². The average molecular weight is 456 g/mol. The van der Waals surface area contributed by atoms with Gasteiger partial charge in [-0.3, -0.25) is 9.59 Å². The number of aryl methyl sites for hydroxylation is 2. The van der Waals surface area contributed by atoms with Gasteiger partial charge in [-0.2, -0.15) is 0 Å². The minimum Gasteiger partial charge on any atom is -0.427 e. The fraction of sp³-hybridized carbons (Fsp3) is 0.385. The lowest BCUT2D eigenvalue weighted by Gasteiger charge is -2.28. The molecular formula is C26H30ClNO4. The molecule has 1 unspecified atom stereocenters. The molecule has 0 spiro atoms. The largest absolute Gasteiger partial charge is 0.427 e. The Hall–Kier alpha value is -2.63. The van der Waals surface area contributed by atoms with Crippen LogP contribution in [0.3, 0.4) is 0 Å². The van der Waals surface area contributed by atoms with Gasteiger partial charge in [0.05, 0.1) is 17.6 Å². The zero-order valence-electron chi connectivity index (χ0n) is 19.7. The molecule has 0 bridgehead atoms. The van der Waals surface area contributed by atoms with Crippen LogP contribution >= 0.6 is 11.6 Å². The maximum Gasteiger partial charge on any atom is 0.316 e. The second-order valence-electron chi connectivity index (χ2n) is 9.55. The van der Waals surface area contributed by atoms with Crippen molar-refractivity contribution in [3.8, 4) is 11.1 Å². The van der Waals surface area contributed by atoms with Crippen LogP contribution in [0.25, 0.3) is 16.7 Å². The first-order valence-electron chi connectivity index (χ1n) is 10.5. The molecule has 1 heterocycles. The summed E-state index contributed by atoms with van der Waals surface area (Å²) < 4.78 is 11.2. The minimum absolute atomic E-state index is 0.177. The van der Waals surface area contributed by atoms with Crippen molar-refractivity contribution in [1.82, 2.24) is 5.32 Å². The molecule has 1 N–H and O–H groups in total. The first-order valence-corrected chi connectivity index (χ1v) is 10.9. The van der Waals surface area contributed by atoms with E-state index in [1.807, 2.05) is 50.2 Å². The van der Waals surface area contributed by atoms with Gasteiger partial charge >= 0.3 is 5.97 Å². The Morgan fingerprint density at radius 2 is 1.62 bits per heavy atom. The summed E-state index contributed by atoms with van der Waals surface area (Å²) in [7, 11) is 1.55. The number of hydrogen-bond acceptors (Lipinski definition) is 4. The molecular weight excluding hydrogens is 426 g/mol. The molecule has 0 radical (unpaired) electrons. The molecule has 0 fully saturated rings. The van der Waals surface area contributed by atoms with Gasteiger partial charge in [0.25, 0.3) is 5.91 Å². The van der Waals surface area contributed by atoms with Crippen LogP contribution in [0, 0.1) is 19.3 Å². The summed E-state index contributed by atoms with van der Waals surface area (Å²) in [6.07, 6.45) is 0. The second-order valence-corrected chi connectivity index (χ2v) is 9.99. The third kappa shape index (κ3) is 4.59. The van der Waals surface area contributed by atoms with Crippen LogP contribution in [0.15, 0.2) is 42.2 Å². The summed E-state index contributed by atoms with van der Waals surface area (Å²) in [5, 5.41) is 3.64. The Labute approximate surface area is 194 Å². The number of benzene rings is 2. The second kappa shape index (κ2) is 8.72. The lowest BCUT2D eigenvalue weighted by atomic mass is 9.89. The highest BCUT2D eigenvalue weighted by Crippen LogP contribution is 2.39. The van der Waals surface area contributed by atoms with Crippen molar-refractivity contribution in [2.24, 2.45) is 5.41 Å². The van der Waals surface area contributed by atoms with Gasteiger partial charge in [-0.25, -0.2) is 0 Å². The molecule has 0 aromatic heterocycles. The Bertz CT molecular complexity index is 1070. The zero-order valence-corrected chi connectivity index (χ0v) is 20.4. The van der Waals surface area contributed by atoms with Crippen LogP contribution in [0.1, 0.15) is 44.4 Å². The fourth-order valence-corrected chi connectivity index (χ4v) is 4.07. The smallest absolute Gasteiger partial charge is 0.316 e. The van der Waals surface area contributed by atoms with E-state index in [4.69, 9.17) is 21.1 Å². The van der Waals surface area contributed by atoms with Crippen LogP contribution in [0.5, 0.6) is 0 Å². The number of methoxy groups -OCH3 is 1. The van der Waals surface area contributed by atoms with E-state index in [-0.39, 0.29) is 12.5 Å². The zero-order chi connectivity index (χ0) is 23.8. The molecule has 1 aliphatic rings. The quantitative estimate of drug-likeness (QED) is 0.608. The van der Waals surface area contributed by atoms with Gasteiger partial charge in [-0.05, 0) is 81.5 Å². The lowest BCUT2D eigenvalue weighted by molar-refractivity contribution is -0.149. The molecule has 1 amide bonds. The molecule has 2 aromatic rings. The third-order valence-electron chi connectivity index (χ3n) is 5.55. The van der Waals surface area contributed by atoms with Crippen molar-refractivity contribution in [3.05, 3.63) is 63.9 Å². The number of amides is 1. The van der Waals surface area contributed by atoms with Gasteiger partial charge in [-0.1, -0.05) is 35.9 Å². The van der Waals surface area contributed by atoms with Crippen LogP contribution < -0.4 is 5.32 Å². The number of carbonyl (C=O) groups excluding carboxylic acids is 2. The summed E-state index contributed by atoms with van der Waals surface area (Å²) in [4.78, 5) is 26.0. The van der Waals surface area contributed by atoms with Crippen molar-refractivity contribution in [3.63, 3.8) is 0 Å². The van der Waals surface area contributed by atoms with Crippen LogP contribution in [0.2, 0.25) is 5.02 Å². The van der Waals surface area contributed by atoms with E-state index in [9.17, 15) is 9.59 Å². The van der Waals surface area contributed by atoms with E-state index < -0.39 is 16.9 Å². The van der Waals surface area contributed by atoms with Crippen molar-refractivity contribution < 1.29 is 19.1 Å². The average Bonchev–Trinajstić information content (AvgIpc) is 2.91. The lowest BCUT2D eigenvalue weighted by Crippen LogP contribution is -2.46. The van der Waals surface area contributed by atoms with Gasteiger partial charge < -0.3 is 14.8 Å². The molecule has 5 nitrogen and oxygen atoms in total. The molecule has 6 heteroatoms. The van der Waals surface area contributed by atoms with E-state index >= 15 is 0 Å². The number of ether oxygens (including phenoxy) is 2. The van der Waals surface area contributed by atoms with Crippen molar-refractivity contribution >= 4 is 29.1 Å². The van der Waals surface area contributed by atoms with Gasteiger partial charge in [0.1, 0.15) is 11.3 Å². The Kier molecular flexibility index (Phi) is 6.55. The van der Waals surface area contributed by atoms with E-state index in [1.54, 1.807) is 34.8 Å². The third-order valence-corrected chi connectivity index (χ3v) is 5.80. The van der Waals surface area contributed by atoms with Crippen LogP contribution in [0.4, 0.5) is 0 Å². The SMILES string of the molecule is COCC1(C)NC(=O)C(c2c(C)cc(-c3ccc(Cl)cc3)cc2C)=C1OC(=O)C(C)(C)C. The molecule has 1 aliphatic heterocycles. The van der Waals surface area contributed by atoms with Crippen LogP contribution in [-0.2, 0) is 19.1 Å². The maximum atomic E-state index is 13.2. The highest BCUT2D eigenvalue weighted by atomic mass is 35.5. The first kappa shape index (κ1) is 24.0. The maximum absolute atomic E-state index is 13.2. The van der Waals surface area contributed by atoms with E-state index in [0.29, 0.717) is 16.4 Å². The number of carbonyl (C=O) groups is 2. The number of nitrogens with one attached hydrogen (secondary N) is 1. The molecule has 0 saturated carbocycles. The van der Waals surface area contributed by atoms with Crippen molar-refractivity contribution in [2.45, 2.75) is 47.1 Å². The molecule has 2 aromatic carbocycles. The van der Waals surface area contributed by atoms with E-state index in [0.717, 1.165) is 27.8 Å². The summed E-state index contributed by atoms with van der Waals surface area (Å²) in [6, 6.07) is 11.7. The van der Waals surface area contributed by atoms with Crippen LogP contribution in [-0.4, -0.2) is 31.1 Å². The number of halogens is 1. The van der Waals surface area contributed by atoms with Crippen molar-refractivity contribution in [2.75, 3.05) is 13.7 Å². The van der Waals surface area contributed by atoms with E-state index in [1.165, 1.54) is 0 Å². The van der Waals surface area contributed by atoms with Gasteiger partial charge in [0, 0.05) is 12.1 Å². The summed E-state index contributed by atoms with van der Waals surface area (Å²) in [5.74, 6) is -0.390. The Morgan fingerprint density at radius 3 is 2.12 bits per heavy atom. The monoisotopic (exact) mass is 455 g/mol. The first-order chi connectivity index (χ1) is 14.9. The van der Waals surface area contributed by atoms with E-state index in [2.05, 4.69) is 5.32 Å². The highest BCUT2D eigenvalue weighted by Gasteiger charge is 2.46. The molecule has 3 rings (SSSR count). The predicted molar refractivity (Wildman–Crippen MR) is 127 cm³/mol. The molecule has 0 aliphatic carbocycles. The molecule has 1 atom stereocenters. The summed E-state index contributed by atoms with van der Waals surface area (Å²) in [5.41, 5.74) is 3.33. The number of hydrogen-bond donors (Lipinski definition) is 1. The minimum atomic E-state index is -0.949. The van der Waals surface area contributed by atoms with Gasteiger partial charge in [0.15, 0.2) is 0 Å². The highest BCUT2D eigenvalue weighted by molar-refractivity contribution is 6.30. The molecule has 0 saturated heterocycles. The van der Waals surface area contributed by atoms with Crippen molar-refractivity contribution in [1.29, 1.82) is 0 Å². The molecule has 32 heavy (non-hydrogen) atoms. The number of esters is 1. The fourth-order valence-electron chi connectivity index (χ4n) is 3.94. The standard InChI is InChI=1S/C26H30ClNO4/c1-15-12-18(17-8-10-19(27)11-9-17)13-16(2)20(15)21-22(32-24(30)25(3,4)5)26(6,14-31-7)28-23(21)29/h8-13H,14H2,1-7H3,(H,28,29). The predicted octanol–water partition coefficient (Wildman–Crippen LogP) is 5.46. The summed E-state index contributed by atoms with van der Waals surface area (Å²) >= 11 is 6.03. The Morgan fingerprint density at radius 1 is 1.06 bits per heavy atom. The summed E-state index contributed by atoms with van der Waals surface area (Å²) in [6.45, 7) is 11.2. The van der Waals surface area contributed by atoms with Gasteiger partial charge in [0.2, 0.25) is 0 Å². The molecule has 170 valence electrons. The van der Waals surface area contributed by atoms with Gasteiger partial charge in [-0.15, -0.1) is 0 Å². The Balaban J connectivity index is 2.18. The number of rotatable bonds is 5.